The fourth-order valence-corrected chi connectivity index (χ4v) is 4.28. The average molecular weight is 514 g/mol. The van der Waals surface area contributed by atoms with Crippen LogP contribution in [0, 0.1) is 0 Å². The lowest BCUT2D eigenvalue weighted by Crippen LogP contribution is -2.19. The Bertz CT molecular complexity index is 1880. The zero-order chi connectivity index (χ0) is 26.4. The van der Waals surface area contributed by atoms with Crippen LogP contribution in [-0.2, 0) is 6.18 Å². The summed E-state index contributed by atoms with van der Waals surface area (Å²) in [6.45, 7) is 0. The highest BCUT2D eigenvalue weighted by molar-refractivity contribution is 5.90. The first-order valence-electron chi connectivity index (χ1n) is 11.4. The fraction of sp³-hybridized carbons (Fsp3) is 0.0714. The standard InChI is InChI=1S/C28H17F3N4O3/c1-37-26-21-9-6-19(15-18(21)10-13-33-26)25-34-24(35-14-11-16-3-2-12-32-22(16)27(35)36)23(38-25)17-4-7-20(8-5-17)28(29,30)31/h2-15H,1H3. The molecule has 6 rings (SSSR count). The molecule has 0 N–H and O–H groups in total. The number of hydrogen-bond acceptors (Lipinski definition) is 6. The first kappa shape index (κ1) is 23.4. The Morgan fingerprint density at radius 1 is 0.895 bits per heavy atom. The van der Waals surface area contributed by atoms with E-state index in [0.29, 0.717) is 22.4 Å². The molecule has 6 aromatic rings. The number of halogens is 3. The molecule has 0 spiro atoms. The summed E-state index contributed by atoms with van der Waals surface area (Å²) in [5.41, 5.74) is -0.0936. The summed E-state index contributed by atoms with van der Waals surface area (Å²) >= 11 is 0. The van der Waals surface area contributed by atoms with E-state index >= 15 is 0 Å². The number of aromatic nitrogens is 4. The maximum absolute atomic E-state index is 13.3. The Morgan fingerprint density at radius 3 is 2.45 bits per heavy atom. The molecule has 0 bridgehead atoms. The van der Waals surface area contributed by atoms with Gasteiger partial charge in [0.1, 0.15) is 5.52 Å². The van der Waals surface area contributed by atoms with Gasteiger partial charge in [-0.1, -0.05) is 18.2 Å². The number of benzene rings is 2. The summed E-state index contributed by atoms with van der Waals surface area (Å²) in [5.74, 6) is 0.909. The number of fused-ring (bicyclic) bond motifs is 2. The van der Waals surface area contributed by atoms with Gasteiger partial charge in [-0.3, -0.25) is 14.3 Å². The number of nitrogens with zero attached hydrogens (tertiary/aromatic N) is 4. The molecule has 4 aromatic heterocycles. The maximum atomic E-state index is 13.3. The number of oxazole rings is 1. The molecule has 0 radical (unpaired) electrons. The van der Waals surface area contributed by atoms with E-state index in [1.165, 1.54) is 30.0 Å². The highest BCUT2D eigenvalue weighted by Gasteiger charge is 2.30. The molecule has 0 aliphatic heterocycles. The van der Waals surface area contributed by atoms with Gasteiger partial charge >= 0.3 is 6.18 Å². The van der Waals surface area contributed by atoms with Gasteiger partial charge in [0, 0.05) is 40.5 Å². The molecular formula is C28H17F3N4O3. The number of pyridine rings is 3. The zero-order valence-corrected chi connectivity index (χ0v) is 19.7. The van der Waals surface area contributed by atoms with Crippen LogP contribution >= 0.6 is 0 Å². The lowest BCUT2D eigenvalue weighted by molar-refractivity contribution is -0.137. The molecule has 0 amide bonds. The van der Waals surface area contributed by atoms with E-state index in [1.807, 2.05) is 18.2 Å². The lowest BCUT2D eigenvalue weighted by Gasteiger charge is -2.08. The Hall–Kier alpha value is -4.99. The van der Waals surface area contributed by atoms with Gasteiger partial charge < -0.3 is 9.15 Å². The molecule has 0 atom stereocenters. The van der Waals surface area contributed by atoms with Crippen LogP contribution in [0.25, 0.3) is 50.3 Å². The Kier molecular flexibility index (Phi) is 5.45. The van der Waals surface area contributed by atoms with Crippen LogP contribution in [0.4, 0.5) is 13.2 Å². The van der Waals surface area contributed by atoms with Crippen LogP contribution in [0.15, 0.2) is 94.5 Å². The first-order valence-corrected chi connectivity index (χ1v) is 11.4. The van der Waals surface area contributed by atoms with Gasteiger partial charge in [0.2, 0.25) is 11.8 Å². The van der Waals surface area contributed by atoms with Crippen molar-refractivity contribution in [1.82, 2.24) is 19.5 Å². The van der Waals surface area contributed by atoms with Crippen molar-refractivity contribution >= 4 is 21.7 Å². The molecule has 0 unspecified atom stereocenters. The molecule has 7 nitrogen and oxygen atoms in total. The Labute approximate surface area is 212 Å². The number of ether oxygens (including phenoxy) is 1. The lowest BCUT2D eigenvalue weighted by atomic mass is 10.1. The van der Waals surface area contributed by atoms with Gasteiger partial charge in [-0.25, -0.2) is 4.98 Å². The second-order valence-corrected chi connectivity index (χ2v) is 8.44. The second kappa shape index (κ2) is 8.84. The monoisotopic (exact) mass is 514 g/mol. The quantitative estimate of drug-likeness (QED) is 0.275. The van der Waals surface area contributed by atoms with Crippen LogP contribution in [0.3, 0.4) is 0 Å². The molecule has 4 heterocycles. The molecular weight excluding hydrogens is 497 g/mol. The molecule has 0 aliphatic rings. The molecule has 0 saturated carbocycles. The van der Waals surface area contributed by atoms with E-state index in [1.54, 1.807) is 36.7 Å². The van der Waals surface area contributed by atoms with Crippen LogP contribution < -0.4 is 10.3 Å². The van der Waals surface area contributed by atoms with E-state index in [9.17, 15) is 18.0 Å². The van der Waals surface area contributed by atoms with Crippen molar-refractivity contribution in [3.05, 3.63) is 101 Å². The third-order valence-corrected chi connectivity index (χ3v) is 6.14. The van der Waals surface area contributed by atoms with E-state index in [-0.39, 0.29) is 23.0 Å². The molecule has 0 fully saturated rings. The maximum Gasteiger partial charge on any atom is 0.416 e. The van der Waals surface area contributed by atoms with Crippen LogP contribution in [0.2, 0.25) is 0 Å². The number of rotatable bonds is 4. The summed E-state index contributed by atoms with van der Waals surface area (Å²) in [5, 5.41) is 2.24. The van der Waals surface area contributed by atoms with Crippen LogP contribution in [-0.4, -0.2) is 26.6 Å². The highest BCUT2D eigenvalue weighted by atomic mass is 19.4. The minimum absolute atomic E-state index is 0.129. The van der Waals surface area contributed by atoms with Crippen LogP contribution in [0.5, 0.6) is 5.88 Å². The molecule has 2 aromatic carbocycles. The first-order chi connectivity index (χ1) is 18.3. The predicted octanol–water partition coefficient (Wildman–Crippen LogP) is 6.28. The molecule has 188 valence electrons. The number of methoxy groups -OCH3 is 1. The van der Waals surface area contributed by atoms with E-state index in [2.05, 4.69) is 15.0 Å². The van der Waals surface area contributed by atoms with Gasteiger partial charge in [-0.05, 0) is 53.9 Å². The van der Waals surface area contributed by atoms with Crippen molar-refractivity contribution in [2.24, 2.45) is 0 Å². The van der Waals surface area contributed by atoms with Crippen LogP contribution in [0.1, 0.15) is 5.56 Å². The molecule has 0 saturated heterocycles. The molecule has 10 heteroatoms. The summed E-state index contributed by atoms with van der Waals surface area (Å²) < 4.78 is 52.2. The highest BCUT2D eigenvalue weighted by Crippen LogP contribution is 2.36. The predicted molar refractivity (Wildman–Crippen MR) is 135 cm³/mol. The van der Waals surface area contributed by atoms with E-state index in [0.717, 1.165) is 22.9 Å². The number of alkyl halides is 3. The fourth-order valence-electron chi connectivity index (χ4n) is 4.28. The second-order valence-electron chi connectivity index (χ2n) is 8.44. The average Bonchev–Trinajstić information content (AvgIpc) is 3.37. The summed E-state index contributed by atoms with van der Waals surface area (Å²) in [6, 6.07) is 16.9. The van der Waals surface area contributed by atoms with Gasteiger partial charge in [0.15, 0.2) is 11.6 Å². The van der Waals surface area contributed by atoms with E-state index < -0.39 is 17.3 Å². The van der Waals surface area contributed by atoms with Gasteiger partial charge in [-0.2, -0.15) is 18.2 Å². The SMILES string of the molecule is COc1nccc2cc(-c3nc(-n4ccc5cccnc5c4=O)c(-c4ccc(C(F)(F)F)cc4)o3)ccc12. The van der Waals surface area contributed by atoms with E-state index in [4.69, 9.17) is 9.15 Å². The number of hydrogen-bond donors (Lipinski definition) is 0. The van der Waals surface area contributed by atoms with Crippen molar-refractivity contribution in [2.75, 3.05) is 7.11 Å². The minimum Gasteiger partial charge on any atom is -0.481 e. The smallest absolute Gasteiger partial charge is 0.416 e. The Morgan fingerprint density at radius 2 is 1.68 bits per heavy atom. The zero-order valence-electron chi connectivity index (χ0n) is 19.7. The van der Waals surface area contributed by atoms with Crippen molar-refractivity contribution in [3.8, 4) is 34.5 Å². The Balaban J connectivity index is 1.56. The van der Waals surface area contributed by atoms with Crippen molar-refractivity contribution in [3.63, 3.8) is 0 Å². The van der Waals surface area contributed by atoms with Crippen molar-refractivity contribution in [1.29, 1.82) is 0 Å². The largest absolute Gasteiger partial charge is 0.481 e. The third-order valence-electron chi connectivity index (χ3n) is 6.14. The normalized spacial score (nSPS) is 11.8. The van der Waals surface area contributed by atoms with Gasteiger partial charge in [-0.15, -0.1) is 0 Å². The summed E-state index contributed by atoms with van der Waals surface area (Å²) in [7, 11) is 1.53. The minimum atomic E-state index is -4.49. The molecule has 0 aliphatic carbocycles. The van der Waals surface area contributed by atoms with Gasteiger partial charge in [0.25, 0.3) is 5.56 Å². The van der Waals surface area contributed by atoms with Gasteiger partial charge in [0.05, 0.1) is 12.7 Å². The van der Waals surface area contributed by atoms with Crippen molar-refractivity contribution < 1.29 is 22.3 Å². The van der Waals surface area contributed by atoms with Crippen molar-refractivity contribution in [2.45, 2.75) is 6.18 Å². The topological polar surface area (TPSA) is 83.0 Å². The summed E-state index contributed by atoms with van der Waals surface area (Å²) in [4.78, 5) is 26.3. The third kappa shape index (κ3) is 3.96. The summed E-state index contributed by atoms with van der Waals surface area (Å²) in [6.07, 6.45) is 0.173. The molecule has 38 heavy (non-hydrogen) atoms.